The molecule has 0 heterocycles. The third-order valence-electron chi connectivity index (χ3n) is 5.31. The van der Waals surface area contributed by atoms with Crippen molar-refractivity contribution < 1.29 is 18.7 Å². The number of rotatable bonds is 9. The van der Waals surface area contributed by atoms with Crippen molar-refractivity contribution in [2.24, 2.45) is 0 Å². The zero-order chi connectivity index (χ0) is 22.4. The van der Waals surface area contributed by atoms with Gasteiger partial charge in [-0.05, 0) is 91.9 Å². The molecule has 0 atom stereocenters. The predicted octanol–water partition coefficient (Wildman–Crippen LogP) is 6.88. The zero-order valence-electron chi connectivity index (χ0n) is 18.6. The van der Waals surface area contributed by atoms with Crippen molar-refractivity contribution in [3.8, 4) is 22.6 Å². The molecule has 0 fully saturated rings. The lowest BCUT2D eigenvalue weighted by atomic mass is 9.93. The first kappa shape index (κ1) is 22.5. The maximum atomic E-state index is 13.6. The number of benzene rings is 3. The third kappa shape index (κ3) is 6.17. The van der Waals surface area contributed by atoms with Gasteiger partial charge in [-0.3, -0.25) is 4.79 Å². The van der Waals surface area contributed by atoms with Crippen LogP contribution in [-0.4, -0.2) is 18.6 Å². The van der Waals surface area contributed by atoms with E-state index in [1.807, 2.05) is 18.2 Å². The molecule has 0 bridgehead atoms. The highest BCUT2D eigenvalue weighted by atomic mass is 19.1. The van der Waals surface area contributed by atoms with E-state index in [2.05, 4.69) is 32.0 Å². The molecule has 4 heteroatoms. The minimum Gasteiger partial charge on any atom is -0.493 e. The summed E-state index contributed by atoms with van der Waals surface area (Å²) in [5.74, 6) is 1.48. The molecule has 0 aliphatic carbocycles. The van der Waals surface area contributed by atoms with Gasteiger partial charge < -0.3 is 9.47 Å². The summed E-state index contributed by atoms with van der Waals surface area (Å²) in [5, 5.41) is 0. The van der Waals surface area contributed by atoms with E-state index in [-0.39, 0.29) is 0 Å². The van der Waals surface area contributed by atoms with Gasteiger partial charge in [-0.25, -0.2) is 4.39 Å². The Labute approximate surface area is 183 Å². The highest BCUT2D eigenvalue weighted by molar-refractivity contribution is 5.75. The summed E-state index contributed by atoms with van der Waals surface area (Å²) in [6.07, 6.45) is 1.17. The first-order chi connectivity index (χ1) is 14.8. The number of carbonyl (C=O) groups excluding carboxylic acids is 1. The summed E-state index contributed by atoms with van der Waals surface area (Å²) < 4.78 is 25.3. The van der Waals surface area contributed by atoms with Crippen molar-refractivity contribution in [3.05, 3.63) is 82.9 Å². The summed E-state index contributed by atoms with van der Waals surface area (Å²) in [6, 6.07) is 19.3. The highest BCUT2D eigenvalue weighted by Gasteiger charge is 2.15. The number of hydrogen-bond acceptors (Lipinski definition) is 3. The number of alkyl halides is 1. The fourth-order valence-electron chi connectivity index (χ4n) is 3.38. The molecule has 0 aromatic heterocycles. The summed E-state index contributed by atoms with van der Waals surface area (Å²) in [4.78, 5) is 10.8. The Morgan fingerprint density at radius 1 is 0.903 bits per heavy atom. The average molecular weight is 421 g/mol. The van der Waals surface area contributed by atoms with Crippen molar-refractivity contribution in [2.45, 2.75) is 46.4 Å². The molecule has 0 saturated heterocycles. The normalized spacial score (nSPS) is 11.3. The molecular weight excluding hydrogens is 391 g/mol. The van der Waals surface area contributed by atoms with Crippen molar-refractivity contribution >= 4 is 6.29 Å². The molecule has 3 aromatic rings. The molecule has 31 heavy (non-hydrogen) atoms. The van der Waals surface area contributed by atoms with Crippen LogP contribution in [0.3, 0.4) is 0 Å². The van der Waals surface area contributed by atoms with Crippen LogP contribution in [0.4, 0.5) is 4.39 Å². The molecule has 0 radical (unpaired) electrons. The summed E-state index contributed by atoms with van der Waals surface area (Å²) in [7, 11) is 0. The van der Waals surface area contributed by atoms with Gasteiger partial charge in [0.15, 0.2) is 0 Å². The number of carbonyl (C=O) groups is 1. The minimum absolute atomic E-state index is 0.349. The Hall–Kier alpha value is -3.14. The van der Waals surface area contributed by atoms with Crippen LogP contribution < -0.4 is 9.47 Å². The van der Waals surface area contributed by atoms with E-state index in [0.29, 0.717) is 25.2 Å². The molecule has 0 aliphatic rings. The summed E-state index contributed by atoms with van der Waals surface area (Å²) >= 11 is 0. The minimum atomic E-state index is -1.23. The smallest absolute Gasteiger partial charge is 0.150 e. The fraction of sp³-hybridized carbons (Fsp3) is 0.296. The zero-order valence-corrected chi connectivity index (χ0v) is 18.6. The van der Waals surface area contributed by atoms with E-state index in [1.165, 1.54) is 0 Å². The highest BCUT2D eigenvalue weighted by Crippen LogP contribution is 2.31. The molecule has 3 aromatic carbocycles. The van der Waals surface area contributed by atoms with Crippen LogP contribution >= 0.6 is 0 Å². The van der Waals surface area contributed by atoms with Gasteiger partial charge in [-0.2, -0.15) is 0 Å². The second-order valence-corrected chi connectivity index (χ2v) is 8.36. The van der Waals surface area contributed by atoms with Gasteiger partial charge in [0.2, 0.25) is 0 Å². The van der Waals surface area contributed by atoms with Gasteiger partial charge in [0.25, 0.3) is 0 Å². The van der Waals surface area contributed by atoms with Crippen LogP contribution in [0.1, 0.15) is 47.3 Å². The predicted molar refractivity (Wildman–Crippen MR) is 123 cm³/mol. The van der Waals surface area contributed by atoms with Crippen LogP contribution in [0.5, 0.6) is 11.5 Å². The number of aryl methyl sites for hydroxylation is 1. The maximum Gasteiger partial charge on any atom is 0.150 e. The monoisotopic (exact) mass is 420 g/mol. The van der Waals surface area contributed by atoms with Crippen LogP contribution in [0.15, 0.2) is 60.7 Å². The van der Waals surface area contributed by atoms with E-state index in [1.54, 1.807) is 38.1 Å². The Bertz CT molecular complexity index is 1030. The SMILES string of the molecule is Cc1cc(OCCC(C)(C)F)ccc1-c1cccc(COc2ccc(C=O)cc2)c1C. The van der Waals surface area contributed by atoms with Gasteiger partial charge in [0.1, 0.15) is 30.1 Å². The number of hydrogen-bond donors (Lipinski definition) is 0. The van der Waals surface area contributed by atoms with E-state index >= 15 is 0 Å². The first-order valence-electron chi connectivity index (χ1n) is 10.5. The molecule has 0 amide bonds. The van der Waals surface area contributed by atoms with Crippen LogP contribution in [-0.2, 0) is 6.61 Å². The van der Waals surface area contributed by atoms with Gasteiger partial charge in [-0.15, -0.1) is 0 Å². The van der Waals surface area contributed by atoms with Crippen molar-refractivity contribution in [1.29, 1.82) is 0 Å². The quantitative estimate of drug-likeness (QED) is 0.354. The van der Waals surface area contributed by atoms with E-state index < -0.39 is 5.67 Å². The van der Waals surface area contributed by atoms with Crippen molar-refractivity contribution in [2.75, 3.05) is 6.61 Å². The van der Waals surface area contributed by atoms with Crippen LogP contribution in [0.2, 0.25) is 0 Å². The van der Waals surface area contributed by atoms with E-state index in [0.717, 1.165) is 45.6 Å². The largest absolute Gasteiger partial charge is 0.493 e. The second-order valence-electron chi connectivity index (χ2n) is 8.36. The van der Waals surface area contributed by atoms with Crippen molar-refractivity contribution in [1.82, 2.24) is 0 Å². The molecule has 3 rings (SSSR count). The topological polar surface area (TPSA) is 35.5 Å². The Morgan fingerprint density at radius 3 is 2.26 bits per heavy atom. The maximum absolute atomic E-state index is 13.6. The van der Waals surface area contributed by atoms with Crippen LogP contribution in [0.25, 0.3) is 11.1 Å². The van der Waals surface area contributed by atoms with Crippen LogP contribution in [0, 0.1) is 13.8 Å². The van der Waals surface area contributed by atoms with Gasteiger partial charge in [0.05, 0.1) is 6.61 Å². The lowest BCUT2D eigenvalue weighted by Gasteiger charge is -2.17. The number of ether oxygens (including phenoxy) is 2. The van der Waals surface area contributed by atoms with E-state index in [9.17, 15) is 9.18 Å². The number of halogens is 1. The van der Waals surface area contributed by atoms with Gasteiger partial charge >= 0.3 is 0 Å². The molecule has 0 N–H and O–H groups in total. The number of aldehydes is 1. The Balaban J connectivity index is 1.73. The van der Waals surface area contributed by atoms with Crippen molar-refractivity contribution in [3.63, 3.8) is 0 Å². The molecule has 0 saturated carbocycles. The summed E-state index contributed by atoms with van der Waals surface area (Å²) in [6.45, 7) is 8.06. The standard InChI is InChI=1S/C27H29FO3/c1-19-16-24(30-15-14-27(3,4)28)12-13-25(19)26-7-5-6-22(20(26)2)18-31-23-10-8-21(17-29)9-11-23/h5-13,16-17H,14-15,18H2,1-4H3. The Morgan fingerprint density at radius 2 is 1.61 bits per heavy atom. The van der Waals surface area contributed by atoms with E-state index in [4.69, 9.17) is 9.47 Å². The summed E-state index contributed by atoms with van der Waals surface area (Å²) in [5.41, 5.74) is 5.03. The second kappa shape index (κ2) is 9.78. The molecular formula is C27H29FO3. The Kier molecular flexibility index (Phi) is 7.11. The van der Waals surface area contributed by atoms with Gasteiger partial charge in [0, 0.05) is 12.0 Å². The molecule has 0 spiro atoms. The lowest BCUT2D eigenvalue weighted by molar-refractivity contribution is 0.112. The van der Waals surface area contributed by atoms with Gasteiger partial charge in [-0.1, -0.05) is 24.3 Å². The molecule has 0 aliphatic heterocycles. The molecule has 162 valence electrons. The lowest BCUT2D eigenvalue weighted by Crippen LogP contribution is -2.16. The first-order valence-corrected chi connectivity index (χ1v) is 10.5. The molecule has 0 unspecified atom stereocenters. The average Bonchev–Trinajstić information content (AvgIpc) is 2.73. The molecule has 3 nitrogen and oxygen atoms in total. The third-order valence-corrected chi connectivity index (χ3v) is 5.31. The fourth-order valence-corrected chi connectivity index (χ4v) is 3.38.